The Hall–Kier alpha value is -1.74. The monoisotopic (exact) mass is 244 g/mol. The van der Waals surface area contributed by atoms with E-state index in [-0.39, 0.29) is 0 Å². The first-order valence-electron chi connectivity index (χ1n) is 6.43. The Bertz CT molecular complexity index is 491. The van der Waals surface area contributed by atoms with Gasteiger partial charge in [-0.05, 0) is 18.1 Å². The second-order valence-electron chi connectivity index (χ2n) is 4.34. The van der Waals surface area contributed by atoms with Crippen molar-refractivity contribution >= 4 is 0 Å². The lowest BCUT2D eigenvalue weighted by Crippen LogP contribution is -2.38. The first-order valence-corrected chi connectivity index (χ1v) is 6.43. The second kappa shape index (κ2) is 5.74. The molecule has 0 aliphatic heterocycles. The molecule has 2 heterocycles. The van der Waals surface area contributed by atoms with E-state index in [9.17, 15) is 5.11 Å². The summed E-state index contributed by atoms with van der Waals surface area (Å²) in [5.41, 5.74) is 2.36. The van der Waals surface area contributed by atoms with Crippen molar-refractivity contribution in [3.63, 3.8) is 0 Å². The fourth-order valence-corrected chi connectivity index (χ4v) is 1.90. The van der Waals surface area contributed by atoms with Crippen LogP contribution in [0.15, 0.2) is 49.1 Å². The van der Waals surface area contributed by atoms with Crippen LogP contribution in [-0.4, -0.2) is 5.11 Å². The van der Waals surface area contributed by atoms with Crippen molar-refractivity contribution in [2.75, 3.05) is 0 Å². The summed E-state index contributed by atoms with van der Waals surface area (Å²) in [5, 5.41) is 9.72. The molecule has 2 aromatic rings. The van der Waals surface area contributed by atoms with E-state index in [1.54, 1.807) is 0 Å². The minimum atomic E-state index is -0.433. The van der Waals surface area contributed by atoms with Crippen molar-refractivity contribution in [1.29, 1.82) is 0 Å². The normalized spacial score (nSPS) is 12.4. The molecule has 0 saturated carbocycles. The van der Waals surface area contributed by atoms with Crippen molar-refractivity contribution in [3.8, 4) is 11.1 Å². The molecule has 1 atom stereocenters. The van der Waals surface area contributed by atoms with Gasteiger partial charge in [0.15, 0.2) is 24.8 Å². The molecule has 0 aromatic carbocycles. The molecule has 3 nitrogen and oxygen atoms in total. The van der Waals surface area contributed by atoms with Crippen LogP contribution in [0.1, 0.15) is 26.5 Å². The average Bonchev–Trinajstić information content (AvgIpc) is 2.47. The number of aliphatic hydroxyl groups excluding tert-OH is 1. The van der Waals surface area contributed by atoms with Gasteiger partial charge in [-0.3, -0.25) is 0 Å². The molecule has 0 saturated heterocycles. The van der Waals surface area contributed by atoms with Gasteiger partial charge in [0.25, 0.3) is 6.23 Å². The summed E-state index contributed by atoms with van der Waals surface area (Å²) in [7, 11) is 0. The number of aliphatic hydroxyl groups is 1. The van der Waals surface area contributed by atoms with Gasteiger partial charge in [0.2, 0.25) is 0 Å². The van der Waals surface area contributed by atoms with Crippen LogP contribution in [0.5, 0.6) is 0 Å². The molecular formula is C15H20N2O+2. The Kier molecular flexibility index (Phi) is 4.05. The van der Waals surface area contributed by atoms with Gasteiger partial charge in [0.1, 0.15) is 6.54 Å². The highest BCUT2D eigenvalue weighted by atomic mass is 16.3. The van der Waals surface area contributed by atoms with Gasteiger partial charge in [-0.1, -0.05) is 6.92 Å². The van der Waals surface area contributed by atoms with Gasteiger partial charge < -0.3 is 5.11 Å². The molecule has 1 unspecified atom stereocenters. The van der Waals surface area contributed by atoms with Gasteiger partial charge >= 0.3 is 0 Å². The molecule has 2 rings (SSSR count). The maximum Gasteiger partial charge on any atom is 0.259 e. The summed E-state index contributed by atoms with van der Waals surface area (Å²) in [6, 6.07) is 8.29. The molecule has 0 aliphatic rings. The Morgan fingerprint density at radius 1 is 0.944 bits per heavy atom. The van der Waals surface area contributed by atoms with E-state index in [0.29, 0.717) is 6.42 Å². The largest absolute Gasteiger partial charge is 0.337 e. The van der Waals surface area contributed by atoms with Crippen LogP contribution >= 0.6 is 0 Å². The molecule has 0 fully saturated rings. The third kappa shape index (κ3) is 2.74. The Balaban J connectivity index is 2.22. The maximum absolute atomic E-state index is 9.72. The van der Waals surface area contributed by atoms with Crippen LogP contribution in [0, 0.1) is 0 Å². The highest BCUT2D eigenvalue weighted by molar-refractivity contribution is 5.60. The molecule has 0 aliphatic carbocycles. The summed E-state index contributed by atoms with van der Waals surface area (Å²) in [4.78, 5) is 0. The number of hydrogen-bond donors (Lipinski definition) is 1. The predicted molar refractivity (Wildman–Crippen MR) is 69.5 cm³/mol. The van der Waals surface area contributed by atoms with Crippen molar-refractivity contribution in [3.05, 3.63) is 49.1 Å². The van der Waals surface area contributed by atoms with E-state index in [1.807, 2.05) is 36.0 Å². The standard InChI is InChI=1S/C15H20N2O/c1-3-15(18)17-11-7-14(8-12-17)13-5-9-16(4-2)10-6-13/h5-12,15,18H,3-4H2,1-2H3/q+2. The van der Waals surface area contributed by atoms with E-state index in [0.717, 1.165) is 12.1 Å². The zero-order valence-corrected chi connectivity index (χ0v) is 11.0. The van der Waals surface area contributed by atoms with Crippen molar-refractivity contribution < 1.29 is 14.2 Å². The van der Waals surface area contributed by atoms with Gasteiger partial charge in [0, 0.05) is 30.7 Å². The SMILES string of the molecule is CCC(O)[n+]1ccc(-c2cc[n+](CC)cc2)cc1. The highest BCUT2D eigenvalue weighted by Gasteiger charge is 2.11. The average molecular weight is 244 g/mol. The lowest BCUT2D eigenvalue weighted by atomic mass is 10.1. The van der Waals surface area contributed by atoms with Crippen LogP contribution in [-0.2, 0) is 6.54 Å². The zero-order valence-electron chi connectivity index (χ0n) is 11.0. The lowest BCUT2D eigenvalue weighted by molar-refractivity contribution is -0.759. The zero-order chi connectivity index (χ0) is 13.0. The molecule has 0 amide bonds. The molecule has 0 radical (unpaired) electrons. The number of pyridine rings is 2. The van der Waals surface area contributed by atoms with Crippen molar-refractivity contribution in [1.82, 2.24) is 0 Å². The fraction of sp³-hybridized carbons (Fsp3) is 0.333. The van der Waals surface area contributed by atoms with E-state index in [2.05, 4.69) is 36.0 Å². The molecule has 0 spiro atoms. The van der Waals surface area contributed by atoms with Crippen LogP contribution in [0.2, 0.25) is 0 Å². The maximum atomic E-state index is 9.72. The lowest BCUT2D eigenvalue weighted by Gasteiger charge is -2.04. The highest BCUT2D eigenvalue weighted by Crippen LogP contribution is 2.15. The van der Waals surface area contributed by atoms with Crippen LogP contribution < -0.4 is 9.13 Å². The number of aromatic nitrogens is 2. The van der Waals surface area contributed by atoms with E-state index >= 15 is 0 Å². The van der Waals surface area contributed by atoms with Gasteiger partial charge in [-0.2, -0.15) is 4.57 Å². The first kappa shape index (κ1) is 12.7. The summed E-state index contributed by atoms with van der Waals surface area (Å²) in [5.74, 6) is 0. The molecule has 18 heavy (non-hydrogen) atoms. The molecule has 2 aromatic heterocycles. The van der Waals surface area contributed by atoms with Gasteiger partial charge in [-0.15, -0.1) is 0 Å². The minimum Gasteiger partial charge on any atom is -0.337 e. The Morgan fingerprint density at radius 2 is 1.44 bits per heavy atom. The topological polar surface area (TPSA) is 28.0 Å². The molecular weight excluding hydrogens is 224 g/mol. The Morgan fingerprint density at radius 3 is 1.89 bits per heavy atom. The summed E-state index contributed by atoms with van der Waals surface area (Å²) in [6.45, 7) is 5.07. The van der Waals surface area contributed by atoms with Gasteiger partial charge in [0.05, 0.1) is 0 Å². The molecule has 94 valence electrons. The second-order valence-corrected chi connectivity index (χ2v) is 4.34. The van der Waals surface area contributed by atoms with Crippen molar-refractivity contribution in [2.45, 2.75) is 33.0 Å². The molecule has 0 bridgehead atoms. The fourth-order valence-electron chi connectivity index (χ4n) is 1.90. The summed E-state index contributed by atoms with van der Waals surface area (Å²) < 4.78 is 3.95. The van der Waals surface area contributed by atoms with Crippen LogP contribution in [0.4, 0.5) is 0 Å². The van der Waals surface area contributed by atoms with E-state index in [4.69, 9.17) is 0 Å². The molecule has 1 N–H and O–H groups in total. The third-order valence-electron chi connectivity index (χ3n) is 3.15. The van der Waals surface area contributed by atoms with Crippen LogP contribution in [0.3, 0.4) is 0 Å². The molecule has 3 heteroatoms. The van der Waals surface area contributed by atoms with E-state index in [1.165, 1.54) is 5.56 Å². The summed E-state index contributed by atoms with van der Waals surface area (Å²) >= 11 is 0. The smallest absolute Gasteiger partial charge is 0.259 e. The number of hydrogen-bond acceptors (Lipinski definition) is 1. The minimum absolute atomic E-state index is 0.433. The number of rotatable bonds is 4. The summed E-state index contributed by atoms with van der Waals surface area (Å²) in [6.07, 6.45) is 8.28. The number of nitrogens with zero attached hydrogens (tertiary/aromatic N) is 2. The first-order chi connectivity index (χ1) is 8.74. The van der Waals surface area contributed by atoms with Crippen LogP contribution in [0.25, 0.3) is 11.1 Å². The number of aryl methyl sites for hydroxylation is 1. The van der Waals surface area contributed by atoms with E-state index < -0.39 is 6.23 Å². The third-order valence-corrected chi connectivity index (χ3v) is 3.15. The Labute approximate surface area is 108 Å². The van der Waals surface area contributed by atoms with Gasteiger partial charge in [-0.25, -0.2) is 4.57 Å². The predicted octanol–water partition coefficient (Wildman–Crippen LogP) is 1.85. The quantitative estimate of drug-likeness (QED) is 0.817. The van der Waals surface area contributed by atoms with Crippen molar-refractivity contribution in [2.24, 2.45) is 0 Å².